The summed E-state index contributed by atoms with van der Waals surface area (Å²) in [4.78, 5) is 5.11. The molecule has 0 saturated heterocycles. The zero-order valence-corrected chi connectivity index (χ0v) is 30.4. The highest BCUT2D eigenvalue weighted by Crippen LogP contribution is 2.38. The van der Waals surface area contributed by atoms with Crippen molar-refractivity contribution >= 4 is 43.6 Å². The number of benzene rings is 8. The van der Waals surface area contributed by atoms with E-state index in [-0.39, 0.29) is 0 Å². The quantitative estimate of drug-likeness (QED) is 0.161. The van der Waals surface area contributed by atoms with Crippen molar-refractivity contribution in [2.45, 2.75) is 0 Å². The Bertz CT molecular complexity index is 3180. The summed E-state index contributed by atoms with van der Waals surface area (Å²) in [5.41, 5.74) is 13.1. The van der Waals surface area contributed by atoms with Crippen molar-refractivity contribution in [1.29, 1.82) is 0 Å². The second-order valence-corrected chi connectivity index (χ2v) is 14.2. The van der Waals surface area contributed by atoms with E-state index in [0.717, 1.165) is 44.9 Å². The van der Waals surface area contributed by atoms with Gasteiger partial charge in [0.15, 0.2) is 0 Å². The second kappa shape index (κ2) is 13.0. The van der Waals surface area contributed by atoms with Crippen LogP contribution in [0.3, 0.4) is 0 Å². The predicted octanol–water partition coefficient (Wildman–Crippen LogP) is 11.9. The minimum absolute atomic E-state index is 0.671. The fourth-order valence-electron chi connectivity index (χ4n) is 8.22. The Morgan fingerprint density at radius 3 is 1.50 bits per heavy atom. The SMILES string of the molecule is c1ccc(-c2nc(-c3cccc(-n4c5ccccc5c5cc(-c6ccc7c(c6)c6ccccc6n7-c6ccccc6)ccc54)c3)c[n+](-c3ccccc3)n2)cc1. The number of rotatable bonds is 6. The lowest BCUT2D eigenvalue weighted by Gasteiger charge is -2.11. The summed E-state index contributed by atoms with van der Waals surface area (Å²) < 4.78 is 6.67. The maximum absolute atomic E-state index is 5.11. The van der Waals surface area contributed by atoms with Crippen molar-refractivity contribution in [3.8, 4) is 50.8 Å². The highest BCUT2D eigenvalue weighted by molar-refractivity contribution is 6.12. The molecule has 3 aromatic heterocycles. The van der Waals surface area contributed by atoms with Gasteiger partial charge in [-0.3, -0.25) is 0 Å². The molecule has 0 spiro atoms. The monoisotopic (exact) mass is 716 g/mol. The first kappa shape index (κ1) is 31.9. The lowest BCUT2D eigenvalue weighted by atomic mass is 10.0. The Labute approximate surface area is 323 Å². The fraction of sp³-hybridized carbons (Fsp3) is 0. The van der Waals surface area contributed by atoms with Crippen LogP contribution in [0.2, 0.25) is 0 Å². The smallest absolute Gasteiger partial charge is 0.238 e. The topological polar surface area (TPSA) is 39.5 Å². The number of hydrogen-bond acceptors (Lipinski definition) is 2. The third-order valence-electron chi connectivity index (χ3n) is 10.8. The van der Waals surface area contributed by atoms with Gasteiger partial charge >= 0.3 is 0 Å². The van der Waals surface area contributed by atoms with Crippen LogP contribution < -0.4 is 4.68 Å². The standard InChI is InChI=1S/C51H34N5/c1-4-15-35(16-5-1)51-52-46(34-54(53-51)39-18-6-2-7-19-39)38-17-14-22-41(31-38)56-48-26-13-11-24-43(48)45-33-37(28-30-50(45)56)36-27-29-49-44(32-36)42-23-10-12-25-47(42)55(49)40-20-8-3-9-21-40/h1-34H/q+1. The van der Waals surface area contributed by atoms with Crippen LogP contribution in [0.1, 0.15) is 0 Å². The molecular weight excluding hydrogens is 683 g/mol. The van der Waals surface area contributed by atoms with Crippen molar-refractivity contribution in [1.82, 2.24) is 19.2 Å². The van der Waals surface area contributed by atoms with Gasteiger partial charge in [0, 0.05) is 61.3 Å². The molecule has 0 amide bonds. The average molecular weight is 717 g/mol. The van der Waals surface area contributed by atoms with Crippen LogP contribution in [0.5, 0.6) is 0 Å². The largest absolute Gasteiger partial charge is 0.309 e. The number of nitrogens with zero attached hydrogens (tertiary/aromatic N) is 5. The number of hydrogen-bond donors (Lipinski definition) is 0. The Hall–Kier alpha value is -7.63. The molecule has 0 saturated carbocycles. The van der Waals surface area contributed by atoms with Crippen LogP contribution in [0.25, 0.3) is 94.4 Å². The summed E-state index contributed by atoms with van der Waals surface area (Å²) in [6, 6.07) is 70.9. The van der Waals surface area contributed by atoms with E-state index in [2.05, 4.69) is 173 Å². The summed E-state index contributed by atoms with van der Waals surface area (Å²) in [5, 5.41) is 9.86. The Morgan fingerprint density at radius 2 is 0.857 bits per heavy atom. The molecule has 0 radical (unpaired) electrons. The molecule has 11 rings (SSSR count). The van der Waals surface area contributed by atoms with Gasteiger partial charge < -0.3 is 9.13 Å². The molecule has 0 atom stereocenters. The van der Waals surface area contributed by atoms with E-state index in [1.54, 1.807) is 0 Å². The molecule has 0 fully saturated rings. The average Bonchev–Trinajstić information content (AvgIpc) is 3.79. The van der Waals surface area contributed by atoms with Crippen molar-refractivity contribution in [2.24, 2.45) is 0 Å². The summed E-state index contributed by atoms with van der Waals surface area (Å²) in [7, 11) is 0. The zero-order chi connectivity index (χ0) is 37.0. The summed E-state index contributed by atoms with van der Waals surface area (Å²) >= 11 is 0. The van der Waals surface area contributed by atoms with Crippen LogP contribution in [0, 0.1) is 0 Å². The molecule has 262 valence electrons. The molecule has 0 N–H and O–H groups in total. The molecule has 0 aliphatic carbocycles. The van der Waals surface area contributed by atoms with Crippen molar-refractivity contribution < 1.29 is 4.68 Å². The molecule has 0 aliphatic rings. The van der Waals surface area contributed by atoms with Gasteiger partial charge in [-0.2, -0.15) is 0 Å². The summed E-state index contributed by atoms with van der Waals surface area (Å²) in [6.07, 6.45) is 2.02. The maximum atomic E-state index is 5.11. The van der Waals surface area contributed by atoms with Crippen molar-refractivity contribution in [3.05, 3.63) is 206 Å². The first-order valence-electron chi connectivity index (χ1n) is 18.9. The number of fused-ring (bicyclic) bond motifs is 6. The molecule has 0 aliphatic heterocycles. The summed E-state index contributed by atoms with van der Waals surface area (Å²) in [6.45, 7) is 0. The van der Waals surface area contributed by atoms with E-state index in [1.807, 2.05) is 47.3 Å². The van der Waals surface area contributed by atoms with Crippen LogP contribution in [0.4, 0.5) is 0 Å². The van der Waals surface area contributed by atoms with E-state index in [0.29, 0.717) is 5.82 Å². The fourth-order valence-corrected chi connectivity index (χ4v) is 8.22. The van der Waals surface area contributed by atoms with Gasteiger partial charge in [0.05, 0.1) is 22.1 Å². The third kappa shape index (κ3) is 5.29. The predicted molar refractivity (Wildman–Crippen MR) is 229 cm³/mol. The number of para-hydroxylation sites is 4. The van der Waals surface area contributed by atoms with E-state index in [1.165, 1.54) is 43.7 Å². The van der Waals surface area contributed by atoms with Gasteiger partial charge in [-0.1, -0.05) is 127 Å². The van der Waals surface area contributed by atoms with Gasteiger partial charge in [-0.05, 0) is 76.5 Å². The van der Waals surface area contributed by atoms with E-state index >= 15 is 0 Å². The van der Waals surface area contributed by atoms with Crippen molar-refractivity contribution in [3.63, 3.8) is 0 Å². The second-order valence-electron chi connectivity index (χ2n) is 14.2. The normalized spacial score (nSPS) is 11.6. The first-order chi connectivity index (χ1) is 27.8. The van der Waals surface area contributed by atoms with Crippen LogP contribution in [-0.2, 0) is 0 Å². The van der Waals surface area contributed by atoms with Gasteiger partial charge in [0.25, 0.3) is 0 Å². The molecule has 11 aromatic rings. The van der Waals surface area contributed by atoms with E-state index in [9.17, 15) is 0 Å². The van der Waals surface area contributed by atoms with Crippen LogP contribution >= 0.6 is 0 Å². The molecule has 0 unspecified atom stereocenters. The Morgan fingerprint density at radius 1 is 0.357 bits per heavy atom. The summed E-state index contributed by atoms with van der Waals surface area (Å²) in [5.74, 6) is 0.671. The van der Waals surface area contributed by atoms with Gasteiger partial charge in [0.2, 0.25) is 17.7 Å². The molecule has 56 heavy (non-hydrogen) atoms. The first-order valence-corrected chi connectivity index (χ1v) is 18.9. The lowest BCUT2D eigenvalue weighted by molar-refractivity contribution is -0.658. The molecular formula is C51H34N5+. The molecule has 5 nitrogen and oxygen atoms in total. The van der Waals surface area contributed by atoms with E-state index < -0.39 is 0 Å². The molecule has 0 bridgehead atoms. The number of aromatic nitrogens is 5. The maximum Gasteiger partial charge on any atom is 0.238 e. The van der Waals surface area contributed by atoms with Crippen LogP contribution in [-0.4, -0.2) is 19.2 Å². The van der Waals surface area contributed by atoms with Gasteiger partial charge in [-0.15, -0.1) is 0 Å². The highest BCUT2D eigenvalue weighted by Gasteiger charge is 2.19. The van der Waals surface area contributed by atoms with Crippen LogP contribution in [0.15, 0.2) is 206 Å². The molecule has 8 aromatic carbocycles. The molecule has 5 heteroatoms. The lowest BCUT2D eigenvalue weighted by Crippen LogP contribution is -2.36. The third-order valence-corrected chi connectivity index (χ3v) is 10.8. The van der Waals surface area contributed by atoms with Crippen molar-refractivity contribution in [2.75, 3.05) is 0 Å². The Kier molecular flexibility index (Phi) is 7.42. The van der Waals surface area contributed by atoms with Gasteiger partial charge in [-0.25, -0.2) is 4.98 Å². The highest BCUT2D eigenvalue weighted by atomic mass is 15.3. The molecule has 3 heterocycles. The van der Waals surface area contributed by atoms with E-state index in [4.69, 9.17) is 10.1 Å². The zero-order valence-electron chi connectivity index (χ0n) is 30.4. The minimum Gasteiger partial charge on any atom is -0.309 e. The Balaban J connectivity index is 1.05. The minimum atomic E-state index is 0.671. The van der Waals surface area contributed by atoms with Gasteiger partial charge in [0.1, 0.15) is 5.69 Å².